The van der Waals surface area contributed by atoms with Crippen molar-refractivity contribution in [1.29, 1.82) is 0 Å². The van der Waals surface area contributed by atoms with Gasteiger partial charge in [0.1, 0.15) is 6.29 Å². The van der Waals surface area contributed by atoms with Crippen LogP contribution in [-0.4, -0.2) is 55.2 Å². The summed E-state index contributed by atoms with van der Waals surface area (Å²) in [6.07, 6.45) is 0.750. The van der Waals surface area contributed by atoms with Crippen molar-refractivity contribution in [2.75, 3.05) is 33.2 Å². The first-order valence-corrected chi connectivity index (χ1v) is 6.53. The van der Waals surface area contributed by atoms with Crippen molar-refractivity contribution in [2.45, 2.75) is 6.92 Å². The van der Waals surface area contributed by atoms with Crippen LogP contribution in [0.5, 0.6) is 0 Å². The molecule has 0 unspecified atom stereocenters. The van der Waals surface area contributed by atoms with Crippen LogP contribution >= 0.6 is 11.3 Å². The minimum absolute atomic E-state index is 0.180. The maximum atomic E-state index is 11.9. The highest BCUT2D eigenvalue weighted by Gasteiger charge is 2.20. The predicted octanol–water partition coefficient (Wildman–Crippen LogP) is 1.34. The molecule has 2 rings (SSSR count). The van der Waals surface area contributed by atoms with Crippen LogP contribution in [-0.2, 0) is 4.79 Å². The van der Waals surface area contributed by atoms with Gasteiger partial charge in [-0.05, 0) is 25.4 Å². The molecule has 1 saturated heterocycles. The van der Waals surface area contributed by atoms with Gasteiger partial charge in [0.25, 0.3) is 5.91 Å². The van der Waals surface area contributed by atoms with Gasteiger partial charge in [-0.15, -0.1) is 0 Å². The van der Waals surface area contributed by atoms with Gasteiger partial charge in [-0.2, -0.15) is 11.3 Å². The lowest BCUT2D eigenvalue weighted by molar-refractivity contribution is -0.106. The van der Waals surface area contributed by atoms with Crippen LogP contribution in [0, 0.1) is 0 Å². The molecule has 0 atom stereocenters. The van der Waals surface area contributed by atoms with Crippen molar-refractivity contribution >= 4 is 23.5 Å². The van der Waals surface area contributed by atoms with E-state index in [1.54, 1.807) is 11.3 Å². The summed E-state index contributed by atoms with van der Waals surface area (Å²) < 4.78 is 0. The van der Waals surface area contributed by atoms with Gasteiger partial charge in [0.15, 0.2) is 0 Å². The number of amides is 1. The molecule has 0 aliphatic carbocycles. The third-order valence-electron chi connectivity index (χ3n) is 2.56. The van der Waals surface area contributed by atoms with E-state index in [2.05, 4.69) is 11.9 Å². The molecule has 0 N–H and O–H groups in total. The number of piperazine rings is 1. The van der Waals surface area contributed by atoms with E-state index in [1.807, 2.05) is 21.7 Å². The summed E-state index contributed by atoms with van der Waals surface area (Å²) in [5.74, 6) is 0.180. The highest BCUT2D eigenvalue weighted by Crippen LogP contribution is 2.11. The van der Waals surface area contributed by atoms with Gasteiger partial charge < -0.3 is 14.6 Å². The minimum atomic E-state index is 0.180. The molecule has 0 radical (unpaired) electrons. The van der Waals surface area contributed by atoms with Crippen LogP contribution in [0.1, 0.15) is 17.3 Å². The Morgan fingerprint density at radius 1 is 1.35 bits per heavy atom. The van der Waals surface area contributed by atoms with Crippen LogP contribution < -0.4 is 0 Å². The smallest absolute Gasteiger partial charge is 0.254 e. The zero-order chi connectivity index (χ0) is 12.7. The second-order valence-corrected chi connectivity index (χ2v) is 4.62. The lowest BCUT2D eigenvalue weighted by Gasteiger charge is -2.32. The minimum Gasteiger partial charge on any atom is -0.336 e. The van der Waals surface area contributed by atoms with Gasteiger partial charge in [-0.25, -0.2) is 0 Å². The van der Waals surface area contributed by atoms with E-state index >= 15 is 0 Å². The number of nitrogens with zero attached hydrogens (tertiary/aromatic N) is 2. The molecule has 1 aromatic heterocycles. The van der Waals surface area contributed by atoms with E-state index in [0.717, 1.165) is 38.0 Å². The zero-order valence-corrected chi connectivity index (χ0v) is 11.1. The number of hydrogen-bond acceptors (Lipinski definition) is 4. The highest BCUT2D eigenvalue weighted by molar-refractivity contribution is 7.08. The zero-order valence-electron chi connectivity index (χ0n) is 10.3. The van der Waals surface area contributed by atoms with Gasteiger partial charge in [0, 0.05) is 31.6 Å². The Hall–Kier alpha value is -1.20. The normalized spacial score (nSPS) is 16.0. The highest BCUT2D eigenvalue weighted by atomic mass is 32.1. The van der Waals surface area contributed by atoms with Gasteiger partial charge in [0.05, 0.1) is 5.56 Å². The summed E-state index contributed by atoms with van der Waals surface area (Å²) in [5, 5.41) is 3.87. The van der Waals surface area contributed by atoms with E-state index in [0.29, 0.717) is 0 Å². The fourth-order valence-corrected chi connectivity index (χ4v) is 2.21. The van der Waals surface area contributed by atoms with Crippen LogP contribution in [0.3, 0.4) is 0 Å². The molecule has 1 fully saturated rings. The standard InChI is InChI=1S/C10H14N2OS.C2H4O/c1-11-3-5-12(6-4-11)10(13)9-2-7-14-8-9;1-2-3/h2,7-8H,3-6H2,1H3;2H,1H3. The van der Waals surface area contributed by atoms with E-state index in [9.17, 15) is 4.79 Å². The summed E-state index contributed by atoms with van der Waals surface area (Å²) in [7, 11) is 2.09. The van der Waals surface area contributed by atoms with Crippen LogP contribution in [0.25, 0.3) is 0 Å². The van der Waals surface area contributed by atoms with E-state index in [4.69, 9.17) is 4.79 Å². The molecule has 4 nitrogen and oxygen atoms in total. The van der Waals surface area contributed by atoms with E-state index in [1.165, 1.54) is 6.92 Å². The summed E-state index contributed by atoms with van der Waals surface area (Å²) in [5.41, 5.74) is 0.833. The molecular weight excluding hydrogens is 236 g/mol. The molecule has 1 aliphatic heterocycles. The molecule has 0 spiro atoms. The second kappa shape index (κ2) is 7.19. The number of rotatable bonds is 1. The number of likely N-dealkylation sites (N-methyl/N-ethyl adjacent to an activating group) is 1. The lowest BCUT2D eigenvalue weighted by atomic mass is 10.2. The Kier molecular flexibility index (Phi) is 5.86. The predicted molar refractivity (Wildman–Crippen MR) is 69.5 cm³/mol. The topological polar surface area (TPSA) is 40.6 Å². The maximum Gasteiger partial charge on any atom is 0.254 e. The van der Waals surface area contributed by atoms with Gasteiger partial charge in [0.2, 0.25) is 0 Å². The van der Waals surface area contributed by atoms with Crippen molar-refractivity contribution in [3.05, 3.63) is 22.4 Å². The molecule has 5 heteroatoms. The monoisotopic (exact) mass is 254 g/mol. The van der Waals surface area contributed by atoms with Gasteiger partial charge in [-0.1, -0.05) is 0 Å². The van der Waals surface area contributed by atoms with Crippen LogP contribution in [0.4, 0.5) is 0 Å². The summed E-state index contributed by atoms with van der Waals surface area (Å²) in [6.45, 7) is 5.11. The van der Waals surface area contributed by atoms with Crippen molar-refractivity contribution < 1.29 is 9.59 Å². The van der Waals surface area contributed by atoms with Crippen molar-refractivity contribution in [1.82, 2.24) is 9.80 Å². The van der Waals surface area contributed by atoms with Crippen LogP contribution in [0.15, 0.2) is 16.8 Å². The Bertz CT molecular complexity index is 343. The molecule has 1 aromatic rings. The first-order chi connectivity index (χ1) is 8.19. The SMILES string of the molecule is CC=O.CN1CCN(C(=O)c2ccsc2)CC1. The molecule has 1 amide bonds. The molecular formula is C12H18N2O2S. The van der Waals surface area contributed by atoms with Crippen LogP contribution in [0.2, 0.25) is 0 Å². The largest absolute Gasteiger partial charge is 0.336 e. The number of hydrogen-bond donors (Lipinski definition) is 0. The summed E-state index contributed by atoms with van der Waals surface area (Å²) in [4.78, 5) is 24.9. The first kappa shape index (κ1) is 13.9. The van der Waals surface area contributed by atoms with Crippen molar-refractivity contribution in [2.24, 2.45) is 0 Å². The van der Waals surface area contributed by atoms with Crippen molar-refractivity contribution in [3.63, 3.8) is 0 Å². The number of carbonyl (C=O) groups is 2. The van der Waals surface area contributed by atoms with E-state index < -0.39 is 0 Å². The fourth-order valence-electron chi connectivity index (χ4n) is 1.58. The Morgan fingerprint density at radius 3 is 2.41 bits per heavy atom. The lowest BCUT2D eigenvalue weighted by Crippen LogP contribution is -2.47. The fraction of sp³-hybridized carbons (Fsp3) is 0.500. The molecule has 1 aliphatic rings. The molecule has 0 aromatic carbocycles. The van der Waals surface area contributed by atoms with Gasteiger partial charge >= 0.3 is 0 Å². The third-order valence-corrected chi connectivity index (χ3v) is 3.24. The Balaban J connectivity index is 0.000000437. The summed E-state index contributed by atoms with van der Waals surface area (Å²) in [6, 6.07) is 1.89. The second-order valence-electron chi connectivity index (χ2n) is 3.84. The first-order valence-electron chi connectivity index (χ1n) is 5.58. The summed E-state index contributed by atoms with van der Waals surface area (Å²) >= 11 is 1.57. The molecule has 94 valence electrons. The number of carbonyl (C=O) groups excluding carboxylic acids is 2. The maximum absolute atomic E-state index is 11.9. The molecule has 0 bridgehead atoms. The quantitative estimate of drug-likeness (QED) is 0.710. The average Bonchev–Trinajstić information content (AvgIpc) is 2.83. The van der Waals surface area contributed by atoms with Gasteiger partial charge in [-0.3, -0.25) is 4.79 Å². The Labute approximate surface area is 106 Å². The Morgan fingerprint density at radius 2 is 1.94 bits per heavy atom. The number of thiophene rings is 1. The van der Waals surface area contributed by atoms with E-state index in [-0.39, 0.29) is 5.91 Å². The molecule has 0 saturated carbocycles. The number of aldehydes is 1. The van der Waals surface area contributed by atoms with Crippen molar-refractivity contribution in [3.8, 4) is 0 Å². The molecule has 2 heterocycles. The average molecular weight is 254 g/mol. The molecule has 17 heavy (non-hydrogen) atoms. The third kappa shape index (κ3) is 4.28.